The van der Waals surface area contributed by atoms with Gasteiger partial charge in [0, 0.05) is 0 Å². The Kier molecular flexibility index (Phi) is 4.55. The van der Waals surface area contributed by atoms with E-state index in [2.05, 4.69) is 4.74 Å². The van der Waals surface area contributed by atoms with E-state index in [9.17, 15) is 35.1 Å². The molecule has 0 aromatic heterocycles. The zero-order chi connectivity index (χ0) is 13.2. The van der Waals surface area contributed by atoms with Gasteiger partial charge in [-0.05, 0) is 6.42 Å². The van der Waals surface area contributed by atoms with Crippen molar-refractivity contribution in [3.05, 3.63) is 6.61 Å². The number of halogens is 8. The molecule has 0 aliphatic rings. The predicted octanol–water partition coefficient (Wildman–Crippen LogP) is 3.70. The molecule has 0 fully saturated rings. The van der Waals surface area contributed by atoms with Gasteiger partial charge in [-0.25, -0.2) is 13.2 Å². The molecule has 0 bridgehead atoms. The van der Waals surface area contributed by atoms with Crippen molar-refractivity contribution >= 4 is 0 Å². The molecule has 0 saturated carbocycles. The summed E-state index contributed by atoms with van der Waals surface area (Å²) in [5.74, 6) is 0. The molecule has 1 nitrogen and oxygen atoms in total. The lowest BCUT2D eigenvalue weighted by Crippen LogP contribution is -2.61. The highest BCUT2D eigenvalue weighted by molar-refractivity contribution is 4.98. The molecule has 0 spiro atoms. The molecule has 0 amide bonds. The van der Waals surface area contributed by atoms with Crippen LogP contribution >= 0.6 is 0 Å². The van der Waals surface area contributed by atoms with Crippen LogP contribution in [0.1, 0.15) is 13.3 Å². The van der Waals surface area contributed by atoms with Crippen LogP contribution in [0.25, 0.3) is 0 Å². The van der Waals surface area contributed by atoms with Gasteiger partial charge in [0.1, 0.15) is 0 Å². The zero-order valence-corrected chi connectivity index (χ0v) is 7.79. The Morgan fingerprint density at radius 2 is 1.50 bits per heavy atom. The van der Waals surface area contributed by atoms with Crippen molar-refractivity contribution in [2.75, 3.05) is 0 Å². The third-order valence-corrected chi connectivity index (χ3v) is 1.53. The van der Waals surface area contributed by atoms with Crippen molar-refractivity contribution < 1.29 is 39.9 Å². The second-order valence-corrected chi connectivity index (χ2v) is 2.72. The van der Waals surface area contributed by atoms with Crippen molar-refractivity contribution in [2.24, 2.45) is 0 Å². The summed E-state index contributed by atoms with van der Waals surface area (Å²) in [6.45, 7) is 1.30. The molecule has 1 radical (unpaired) electrons. The van der Waals surface area contributed by atoms with Crippen molar-refractivity contribution in [1.29, 1.82) is 0 Å². The lowest BCUT2D eigenvalue weighted by Gasteiger charge is -2.33. The molecule has 0 heterocycles. The van der Waals surface area contributed by atoms with Crippen LogP contribution < -0.4 is 0 Å². The standard InChI is InChI=1S/C7H7F8O/c1-2-3-16-7(14,15)5(10,4(8)9)6(11,12)13/h3-4H,2H2,1H3. The fourth-order valence-electron chi connectivity index (χ4n) is 0.689. The van der Waals surface area contributed by atoms with Gasteiger partial charge in [0.15, 0.2) is 0 Å². The lowest BCUT2D eigenvalue weighted by atomic mass is 10.1. The molecule has 0 rings (SSSR count). The van der Waals surface area contributed by atoms with Gasteiger partial charge in [-0.2, -0.15) is 22.0 Å². The first kappa shape index (κ1) is 15.4. The second-order valence-electron chi connectivity index (χ2n) is 2.72. The van der Waals surface area contributed by atoms with E-state index in [1.165, 1.54) is 6.92 Å². The van der Waals surface area contributed by atoms with Gasteiger partial charge in [0.25, 0.3) is 6.43 Å². The van der Waals surface area contributed by atoms with Crippen LogP contribution in [0.15, 0.2) is 0 Å². The van der Waals surface area contributed by atoms with E-state index in [0.29, 0.717) is 0 Å². The van der Waals surface area contributed by atoms with Gasteiger partial charge >= 0.3 is 18.0 Å². The second kappa shape index (κ2) is 4.72. The third kappa shape index (κ3) is 2.55. The third-order valence-electron chi connectivity index (χ3n) is 1.53. The molecule has 1 atom stereocenters. The summed E-state index contributed by atoms with van der Waals surface area (Å²) in [6.07, 6.45) is -17.4. The Morgan fingerprint density at radius 1 is 1.06 bits per heavy atom. The quantitative estimate of drug-likeness (QED) is 0.684. The van der Waals surface area contributed by atoms with E-state index in [4.69, 9.17) is 0 Å². The number of rotatable bonds is 5. The van der Waals surface area contributed by atoms with Gasteiger partial charge in [-0.3, -0.25) is 0 Å². The summed E-state index contributed by atoms with van der Waals surface area (Å²) in [5.41, 5.74) is -6.04. The molecule has 0 aromatic carbocycles. The average Bonchev–Trinajstić information content (AvgIpc) is 2.11. The minimum atomic E-state index is -6.45. The van der Waals surface area contributed by atoms with E-state index in [0.717, 1.165) is 0 Å². The Labute approximate surface area is 85.4 Å². The molecule has 0 aliphatic heterocycles. The van der Waals surface area contributed by atoms with Crippen LogP contribution in [-0.2, 0) is 4.74 Å². The van der Waals surface area contributed by atoms with E-state index in [1.54, 1.807) is 0 Å². The fraction of sp³-hybridized carbons (Fsp3) is 0.857. The largest absolute Gasteiger partial charge is 0.437 e. The Bertz CT molecular complexity index is 225. The Morgan fingerprint density at radius 3 is 1.75 bits per heavy atom. The Balaban J connectivity index is 5.19. The van der Waals surface area contributed by atoms with Crippen LogP contribution in [-0.4, -0.2) is 24.4 Å². The molecule has 1 unspecified atom stereocenters. The van der Waals surface area contributed by atoms with Crippen LogP contribution in [0.5, 0.6) is 0 Å². The number of hydrogen-bond acceptors (Lipinski definition) is 1. The minimum absolute atomic E-state index is 0.114. The lowest BCUT2D eigenvalue weighted by molar-refractivity contribution is -0.399. The van der Waals surface area contributed by atoms with Gasteiger partial charge in [-0.15, -0.1) is 0 Å². The molecule has 0 aliphatic carbocycles. The monoisotopic (exact) mass is 259 g/mol. The van der Waals surface area contributed by atoms with E-state index in [1.807, 2.05) is 0 Å². The SMILES string of the molecule is CC[CH]OC(F)(F)C(F)(C(F)F)C(F)(F)F. The van der Waals surface area contributed by atoms with Crippen LogP contribution in [0.2, 0.25) is 0 Å². The molecule has 97 valence electrons. The highest BCUT2D eigenvalue weighted by Gasteiger charge is 2.78. The summed E-state index contributed by atoms with van der Waals surface area (Å²) in [4.78, 5) is 0. The van der Waals surface area contributed by atoms with Crippen molar-refractivity contribution in [2.45, 2.75) is 37.7 Å². The van der Waals surface area contributed by atoms with Gasteiger partial charge in [-0.1, -0.05) is 6.92 Å². The van der Waals surface area contributed by atoms with Gasteiger partial charge in [0.05, 0.1) is 6.61 Å². The highest BCUT2D eigenvalue weighted by atomic mass is 19.4. The average molecular weight is 259 g/mol. The van der Waals surface area contributed by atoms with Crippen LogP contribution in [0.3, 0.4) is 0 Å². The zero-order valence-electron chi connectivity index (χ0n) is 7.79. The molecule has 0 saturated heterocycles. The molecule has 0 N–H and O–H groups in total. The smallest absolute Gasteiger partial charge is 0.311 e. The maximum absolute atomic E-state index is 12.8. The van der Waals surface area contributed by atoms with Gasteiger partial charge < -0.3 is 4.74 Å². The minimum Gasteiger partial charge on any atom is -0.311 e. The van der Waals surface area contributed by atoms with E-state index >= 15 is 0 Å². The van der Waals surface area contributed by atoms with E-state index < -0.39 is 24.4 Å². The van der Waals surface area contributed by atoms with Crippen LogP contribution in [0.4, 0.5) is 35.1 Å². The molecule has 9 heteroatoms. The molecular weight excluding hydrogens is 252 g/mol. The Hall–Kier alpha value is -0.600. The number of alkyl halides is 8. The first-order valence-electron chi connectivity index (χ1n) is 3.91. The first-order valence-corrected chi connectivity index (χ1v) is 3.91. The van der Waals surface area contributed by atoms with Crippen molar-refractivity contribution in [3.8, 4) is 0 Å². The van der Waals surface area contributed by atoms with Crippen LogP contribution in [0, 0.1) is 6.61 Å². The summed E-state index contributed by atoms with van der Waals surface area (Å²) >= 11 is 0. The maximum Gasteiger partial charge on any atom is 0.437 e. The number of hydrogen-bond donors (Lipinski definition) is 0. The summed E-state index contributed by atoms with van der Waals surface area (Å²) in [5, 5.41) is 0. The molecule has 0 aromatic rings. The number of ether oxygens (including phenoxy) is 1. The maximum atomic E-state index is 12.8. The van der Waals surface area contributed by atoms with Crippen molar-refractivity contribution in [1.82, 2.24) is 0 Å². The summed E-state index contributed by atoms with van der Waals surface area (Å²) in [7, 11) is 0. The first-order chi connectivity index (χ1) is 7.00. The highest BCUT2D eigenvalue weighted by Crippen LogP contribution is 2.49. The van der Waals surface area contributed by atoms with Gasteiger partial charge in [0.2, 0.25) is 0 Å². The topological polar surface area (TPSA) is 9.23 Å². The summed E-state index contributed by atoms with van der Waals surface area (Å²) < 4.78 is 100. The molecular formula is C7H7F8O. The predicted molar refractivity (Wildman–Crippen MR) is 36.5 cm³/mol. The van der Waals surface area contributed by atoms with Crippen molar-refractivity contribution in [3.63, 3.8) is 0 Å². The summed E-state index contributed by atoms with van der Waals surface area (Å²) in [6, 6.07) is 0. The van der Waals surface area contributed by atoms with E-state index in [-0.39, 0.29) is 13.0 Å². The molecule has 16 heavy (non-hydrogen) atoms. The fourth-order valence-corrected chi connectivity index (χ4v) is 0.689. The normalized spacial score (nSPS) is 17.6.